The summed E-state index contributed by atoms with van der Waals surface area (Å²) in [4.78, 5) is 2.28. The first-order chi connectivity index (χ1) is 12.0. The lowest BCUT2D eigenvalue weighted by Gasteiger charge is -2.35. The van der Waals surface area contributed by atoms with E-state index in [-0.39, 0.29) is 12.1 Å². The molecule has 2 aromatic rings. The van der Waals surface area contributed by atoms with Gasteiger partial charge in [-0.3, -0.25) is 9.58 Å². The maximum atomic E-state index is 13.4. The van der Waals surface area contributed by atoms with Crippen LogP contribution in [0.2, 0.25) is 0 Å². The molecule has 25 heavy (non-hydrogen) atoms. The number of likely N-dealkylation sites (tertiary alicyclic amines) is 1. The first-order valence-electron chi connectivity index (χ1n) is 8.84. The molecule has 2 fully saturated rings. The van der Waals surface area contributed by atoms with E-state index in [1.54, 1.807) is 6.07 Å². The normalized spacial score (nSPS) is 29.8. The Morgan fingerprint density at radius 2 is 1.92 bits per heavy atom. The van der Waals surface area contributed by atoms with Crippen LogP contribution in [0.1, 0.15) is 30.0 Å². The number of aromatic nitrogens is 2. The van der Waals surface area contributed by atoms with E-state index in [0.717, 1.165) is 37.1 Å². The van der Waals surface area contributed by atoms with Gasteiger partial charge >= 0.3 is 0 Å². The predicted octanol–water partition coefficient (Wildman–Crippen LogP) is 2.91. The minimum absolute atomic E-state index is 0.0261. The Bertz CT molecular complexity index is 763. The number of benzene rings is 1. The molecule has 1 aromatic carbocycles. The predicted molar refractivity (Wildman–Crippen MR) is 89.9 cm³/mol. The van der Waals surface area contributed by atoms with Crippen molar-refractivity contribution in [2.24, 2.45) is 11.8 Å². The van der Waals surface area contributed by atoms with Gasteiger partial charge in [-0.25, -0.2) is 8.78 Å². The Morgan fingerprint density at radius 1 is 1.16 bits per heavy atom. The minimum Gasteiger partial charge on any atom is -0.391 e. The third-order valence-electron chi connectivity index (χ3n) is 5.65. The Balaban J connectivity index is 1.43. The highest BCUT2D eigenvalue weighted by Crippen LogP contribution is 2.41. The van der Waals surface area contributed by atoms with Crippen molar-refractivity contribution >= 4 is 0 Å². The van der Waals surface area contributed by atoms with Crippen molar-refractivity contribution < 1.29 is 13.9 Å². The van der Waals surface area contributed by atoms with Crippen LogP contribution in [0.4, 0.5) is 8.78 Å². The number of rotatable bonds is 3. The summed E-state index contributed by atoms with van der Waals surface area (Å²) in [6.45, 7) is 4.44. The molecule has 1 N–H and O–H groups in total. The zero-order valence-corrected chi connectivity index (χ0v) is 14.3. The fraction of sp³-hybridized carbons (Fsp3) is 0.526. The average molecular weight is 347 g/mol. The number of aliphatic hydroxyl groups is 1. The standard InChI is InChI=1S/C19H23F2N3O/c1-12-7-22-24(8-12)18-5-14-10-23(11-15(14)6-19(18)25)9-13-2-3-16(20)17(21)4-13/h2-4,7-8,14-15,18-19,25H,5-6,9-11H2,1H3/t14-,15+,18-,19-/m0/s1. The second-order valence-electron chi connectivity index (χ2n) is 7.57. The average Bonchev–Trinajstić information content (AvgIpc) is 3.15. The SMILES string of the molecule is Cc1cnn([C@H]2C[C@H]3CN(Cc4ccc(F)c(F)c4)C[C@H]3C[C@@H]2O)c1. The van der Waals surface area contributed by atoms with Gasteiger partial charge < -0.3 is 5.11 Å². The molecular formula is C19H23F2N3O. The lowest BCUT2D eigenvalue weighted by molar-refractivity contribution is 0.0306. The fourth-order valence-corrected chi connectivity index (χ4v) is 4.43. The molecule has 0 spiro atoms. The van der Waals surface area contributed by atoms with E-state index >= 15 is 0 Å². The molecule has 4 nitrogen and oxygen atoms in total. The van der Waals surface area contributed by atoms with Crippen LogP contribution < -0.4 is 0 Å². The lowest BCUT2D eigenvalue weighted by Crippen LogP contribution is -2.36. The number of halogens is 2. The van der Waals surface area contributed by atoms with Gasteiger partial charge in [0.25, 0.3) is 0 Å². The largest absolute Gasteiger partial charge is 0.391 e. The first kappa shape index (κ1) is 16.7. The van der Waals surface area contributed by atoms with Crippen molar-refractivity contribution in [2.75, 3.05) is 13.1 Å². The van der Waals surface area contributed by atoms with Crippen molar-refractivity contribution in [1.29, 1.82) is 0 Å². The van der Waals surface area contributed by atoms with Gasteiger partial charge in [0.15, 0.2) is 11.6 Å². The summed E-state index contributed by atoms with van der Waals surface area (Å²) >= 11 is 0. The van der Waals surface area contributed by atoms with Crippen LogP contribution in [0.25, 0.3) is 0 Å². The van der Waals surface area contributed by atoms with Gasteiger partial charge in [-0.1, -0.05) is 6.07 Å². The van der Waals surface area contributed by atoms with Crippen LogP contribution >= 0.6 is 0 Å². The van der Waals surface area contributed by atoms with Crippen LogP contribution in [0.5, 0.6) is 0 Å². The Labute approximate surface area is 146 Å². The van der Waals surface area contributed by atoms with Gasteiger partial charge in [0.2, 0.25) is 0 Å². The third kappa shape index (κ3) is 3.33. The zero-order chi connectivity index (χ0) is 17.6. The highest BCUT2D eigenvalue weighted by Gasteiger charge is 2.42. The number of fused-ring (bicyclic) bond motifs is 1. The lowest BCUT2D eigenvalue weighted by atomic mass is 9.77. The second kappa shape index (κ2) is 6.50. The van der Waals surface area contributed by atoms with Gasteiger partial charge in [-0.05, 0) is 54.9 Å². The van der Waals surface area contributed by atoms with E-state index in [2.05, 4.69) is 10.00 Å². The molecule has 2 heterocycles. The maximum Gasteiger partial charge on any atom is 0.159 e. The van der Waals surface area contributed by atoms with Gasteiger partial charge in [-0.15, -0.1) is 0 Å². The Hall–Kier alpha value is -1.79. The summed E-state index contributed by atoms with van der Waals surface area (Å²) in [5.41, 5.74) is 1.89. The zero-order valence-electron chi connectivity index (χ0n) is 14.3. The van der Waals surface area contributed by atoms with E-state index in [9.17, 15) is 13.9 Å². The van der Waals surface area contributed by atoms with Gasteiger partial charge in [0, 0.05) is 25.8 Å². The summed E-state index contributed by atoms with van der Waals surface area (Å²) < 4.78 is 28.4. The van der Waals surface area contributed by atoms with Crippen LogP contribution in [0, 0.1) is 30.4 Å². The number of aryl methyl sites for hydroxylation is 1. The summed E-state index contributed by atoms with van der Waals surface area (Å²) in [6, 6.07) is 4.14. The van der Waals surface area contributed by atoms with Crippen molar-refractivity contribution in [3.8, 4) is 0 Å². The summed E-state index contributed by atoms with van der Waals surface area (Å²) in [7, 11) is 0. The van der Waals surface area contributed by atoms with E-state index in [4.69, 9.17) is 0 Å². The molecule has 1 saturated carbocycles. The number of hydrogen-bond donors (Lipinski definition) is 1. The van der Waals surface area contributed by atoms with Gasteiger partial charge in [-0.2, -0.15) is 5.10 Å². The van der Waals surface area contributed by atoms with Gasteiger partial charge in [0.05, 0.1) is 18.3 Å². The third-order valence-corrected chi connectivity index (χ3v) is 5.65. The quantitative estimate of drug-likeness (QED) is 0.928. The molecule has 2 aliphatic rings. The van der Waals surface area contributed by atoms with E-state index in [1.807, 2.05) is 24.0 Å². The highest BCUT2D eigenvalue weighted by molar-refractivity contribution is 5.18. The summed E-state index contributed by atoms with van der Waals surface area (Å²) in [5, 5.41) is 14.9. The van der Waals surface area contributed by atoms with Crippen molar-refractivity contribution in [3.05, 3.63) is 53.4 Å². The fourth-order valence-electron chi connectivity index (χ4n) is 4.43. The Morgan fingerprint density at radius 3 is 2.60 bits per heavy atom. The number of hydrogen-bond acceptors (Lipinski definition) is 3. The molecular weight excluding hydrogens is 324 g/mol. The molecule has 4 rings (SSSR count). The summed E-state index contributed by atoms with van der Waals surface area (Å²) in [5.74, 6) is -0.644. The van der Waals surface area contributed by atoms with E-state index in [1.165, 1.54) is 12.1 Å². The molecule has 0 radical (unpaired) electrons. The maximum absolute atomic E-state index is 13.4. The molecule has 0 bridgehead atoms. The molecule has 0 amide bonds. The van der Waals surface area contributed by atoms with E-state index in [0.29, 0.717) is 18.4 Å². The number of nitrogens with zero attached hydrogens (tertiary/aromatic N) is 3. The monoisotopic (exact) mass is 347 g/mol. The smallest absolute Gasteiger partial charge is 0.159 e. The molecule has 1 aliphatic carbocycles. The van der Waals surface area contributed by atoms with Crippen LogP contribution in [-0.4, -0.2) is 39.0 Å². The first-order valence-corrected chi connectivity index (χ1v) is 8.84. The molecule has 6 heteroatoms. The highest BCUT2D eigenvalue weighted by atomic mass is 19.2. The molecule has 0 unspecified atom stereocenters. The van der Waals surface area contributed by atoms with E-state index < -0.39 is 11.6 Å². The molecule has 1 saturated heterocycles. The molecule has 1 aromatic heterocycles. The van der Waals surface area contributed by atoms with Crippen molar-refractivity contribution in [1.82, 2.24) is 14.7 Å². The van der Waals surface area contributed by atoms with Crippen molar-refractivity contribution in [3.63, 3.8) is 0 Å². The topological polar surface area (TPSA) is 41.3 Å². The Kier molecular flexibility index (Phi) is 4.33. The molecule has 1 aliphatic heterocycles. The van der Waals surface area contributed by atoms with Crippen molar-refractivity contribution in [2.45, 2.75) is 38.5 Å². The van der Waals surface area contributed by atoms with Gasteiger partial charge in [0.1, 0.15) is 0 Å². The second-order valence-corrected chi connectivity index (χ2v) is 7.57. The molecule has 4 atom stereocenters. The van der Waals surface area contributed by atoms with Crippen LogP contribution in [-0.2, 0) is 6.54 Å². The molecule has 134 valence electrons. The minimum atomic E-state index is -0.806. The number of aliphatic hydroxyl groups excluding tert-OH is 1. The van der Waals surface area contributed by atoms with Crippen LogP contribution in [0.15, 0.2) is 30.6 Å². The van der Waals surface area contributed by atoms with Crippen LogP contribution in [0.3, 0.4) is 0 Å². The summed E-state index contributed by atoms with van der Waals surface area (Å²) in [6.07, 6.45) is 5.10.